The lowest BCUT2D eigenvalue weighted by molar-refractivity contribution is 0.199. The largest absolute Gasteiger partial charge is 0.383 e. The summed E-state index contributed by atoms with van der Waals surface area (Å²) in [5, 5.41) is 21.9. The van der Waals surface area contributed by atoms with Crippen LogP contribution in [0.15, 0.2) is 6.07 Å². The highest BCUT2D eigenvalue weighted by molar-refractivity contribution is 7.14. The Morgan fingerprint density at radius 3 is 2.80 bits per heavy atom. The number of aromatic nitrogens is 4. The van der Waals surface area contributed by atoms with E-state index in [2.05, 4.69) is 25.7 Å². The summed E-state index contributed by atoms with van der Waals surface area (Å²) in [5.74, 6) is 0. The molecule has 108 valence electrons. The molecule has 0 fully saturated rings. The van der Waals surface area contributed by atoms with Crippen LogP contribution in [0.25, 0.3) is 10.6 Å². The first-order chi connectivity index (χ1) is 9.70. The van der Waals surface area contributed by atoms with E-state index < -0.39 is 0 Å². The number of methoxy groups -OCH3 is 1. The molecule has 0 bridgehead atoms. The van der Waals surface area contributed by atoms with Gasteiger partial charge < -0.3 is 10.1 Å². The number of hydrogen-bond acceptors (Lipinski definition) is 7. The van der Waals surface area contributed by atoms with Crippen molar-refractivity contribution in [3.63, 3.8) is 0 Å². The van der Waals surface area contributed by atoms with E-state index in [1.165, 1.54) is 0 Å². The summed E-state index contributed by atoms with van der Waals surface area (Å²) < 4.78 is 4.98. The number of hydrogen-bond donors (Lipinski definition) is 1. The van der Waals surface area contributed by atoms with Gasteiger partial charge in [0.05, 0.1) is 18.0 Å². The van der Waals surface area contributed by atoms with Crippen LogP contribution >= 0.6 is 11.3 Å². The van der Waals surface area contributed by atoms with Crippen LogP contribution in [-0.2, 0) is 11.2 Å². The van der Waals surface area contributed by atoms with Crippen LogP contribution in [0.4, 0.5) is 0 Å². The van der Waals surface area contributed by atoms with Crippen LogP contribution in [0.2, 0.25) is 0 Å². The summed E-state index contributed by atoms with van der Waals surface area (Å²) in [7, 11) is 1.70. The van der Waals surface area contributed by atoms with Crippen molar-refractivity contribution in [2.24, 2.45) is 0 Å². The highest BCUT2D eigenvalue weighted by atomic mass is 32.1. The maximum absolute atomic E-state index is 4.98. The third-order valence-electron chi connectivity index (χ3n) is 2.80. The number of nitrogens with one attached hydrogen (secondary N) is 1. The van der Waals surface area contributed by atoms with Crippen molar-refractivity contribution < 1.29 is 4.74 Å². The molecule has 0 saturated carbocycles. The van der Waals surface area contributed by atoms with E-state index in [-0.39, 0.29) is 0 Å². The standard InChI is InChI=1S/C13H19N5OS/c1-9-8-11(10(2)16-15-9)13-18-17-12(20-13)4-5-14-6-7-19-3/h8,14H,4-7H2,1-3H3. The summed E-state index contributed by atoms with van der Waals surface area (Å²) in [5.41, 5.74) is 2.80. The first kappa shape index (κ1) is 15.0. The van der Waals surface area contributed by atoms with Crippen molar-refractivity contribution in [1.29, 1.82) is 0 Å². The summed E-state index contributed by atoms with van der Waals surface area (Å²) in [4.78, 5) is 0. The molecule has 20 heavy (non-hydrogen) atoms. The second-order valence-corrected chi connectivity index (χ2v) is 5.54. The van der Waals surface area contributed by atoms with Gasteiger partial charge in [0.25, 0.3) is 0 Å². The molecule has 2 rings (SSSR count). The van der Waals surface area contributed by atoms with Gasteiger partial charge in [-0.1, -0.05) is 11.3 Å². The van der Waals surface area contributed by atoms with Crippen LogP contribution in [-0.4, -0.2) is 47.2 Å². The van der Waals surface area contributed by atoms with Crippen molar-refractivity contribution in [3.05, 3.63) is 22.5 Å². The monoisotopic (exact) mass is 293 g/mol. The van der Waals surface area contributed by atoms with E-state index in [9.17, 15) is 0 Å². The Bertz CT molecular complexity index is 557. The highest BCUT2D eigenvalue weighted by Gasteiger charge is 2.10. The third-order valence-corrected chi connectivity index (χ3v) is 3.81. The van der Waals surface area contributed by atoms with Crippen LogP contribution in [0, 0.1) is 13.8 Å². The smallest absolute Gasteiger partial charge is 0.149 e. The van der Waals surface area contributed by atoms with Gasteiger partial charge in [0, 0.05) is 32.2 Å². The van der Waals surface area contributed by atoms with E-state index in [0.29, 0.717) is 0 Å². The molecule has 2 aromatic heterocycles. The zero-order chi connectivity index (χ0) is 14.4. The molecule has 2 aromatic rings. The van der Waals surface area contributed by atoms with Crippen molar-refractivity contribution >= 4 is 11.3 Å². The molecule has 0 aliphatic heterocycles. The first-order valence-corrected chi connectivity index (χ1v) is 7.35. The molecule has 2 heterocycles. The van der Waals surface area contributed by atoms with Crippen molar-refractivity contribution in [3.8, 4) is 10.6 Å². The van der Waals surface area contributed by atoms with Gasteiger partial charge in [0.15, 0.2) is 0 Å². The van der Waals surface area contributed by atoms with Gasteiger partial charge >= 0.3 is 0 Å². The molecular formula is C13H19N5OS. The Labute approximate surface area is 122 Å². The second-order valence-electron chi connectivity index (χ2n) is 4.48. The quantitative estimate of drug-likeness (QED) is 0.778. The van der Waals surface area contributed by atoms with Crippen LogP contribution in [0.1, 0.15) is 16.4 Å². The number of nitrogens with zero attached hydrogens (tertiary/aromatic N) is 4. The van der Waals surface area contributed by atoms with Crippen LogP contribution < -0.4 is 5.32 Å². The summed E-state index contributed by atoms with van der Waals surface area (Å²) >= 11 is 1.61. The topological polar surface area (TPSA) is 72.8 Å². The molecule has 0 aliphatic rings. The van der Waals surface area contributed by atoms with Crippen molar-refractivity contribution in [1.82, 2.24) is 25.7 Å². The molecule has 0 atom stereocenters. The molecule has 6 nitrogen and oxygen atoms in total. The van der Waals surface area contributed by atoms with Gasteiger partial charge in [0.2, 0.25) is 0 Å². The van der Waals surface area contributed by atoms with Crippen molar-refractivity contribution in [2.75, 3.05) is 26.8 Å². The number of rotatable bonds is 7. The Balaban J connectivity index is 1.96. The molecule has 7 heteroatoms. The Morgan fingerprint density at radius 1 is 1.15 bits per heavy atom. The minimum Gasteiger partial charge on any atom is -0.383 e. The zero-order valence-corrected chi connectivity index (χ0v) is 12.8. The number of aryl methyl sites for hydroxylation is 2. The van der Waals surface area contributed by atoms with Gasteiger partial charge in [0.1, 0.15) is 10.0 Å². The lowest BCUT2D eigenvalue weighted by Gasteiger charge is -2.01. The van der Waals surface area contributed by atoms with Gasteiger partial charge in [-0.05, 0) is 19.9 Å². The lowest BCUT2D eigenvalue weighted by atomic mass is 10.2. The van der Waals surface area contributed by atoms with Crippen LogP contribution in [0.5, 0.6) is 0 Å². The fourth-order valence-corrected chi connectivity index (χ4v) is 2.63. The average Bonchev–Trinajstić information content (AvgIpc) is 2.90. The molecule has 0 spiro atoms. The molecule has 0 aromatic carbocycles. The Kier molecular flexibility index (Phi) is 5.51. The van der Waals surface area contributed by atoms with Crippen molar-refractivity contribution in [2.45, 2.75) is 20.3 Å². The summed E-state index contributed by atoms with van der Waals surface area (Å²) in [6.07, 6.45) is 0.873. The second kappa shape index (κ2) is 7.37. The maximum Gasteiger partial charge on any atom is 0.149 e. The molecule has 0 aliphatic carbocycles. The van der Waals surface area contributed by atoms with Gasteiger partial charge in [-0.2, -0.15) is 10.2 Å². The summed E-state index contributed by atoms with van der Waals surface area (Å²) in [6.45, 7) is 6.33. The van der Waals surface area contributed by atoms with Gasteiger partial charge in [-0.25, -0.2) is 0 Å². The minimum atomic E-state index is 0.725. The zero-order valence-electron chi connectivity index (χ0n) is 12.0. The Morgan fingerprint density at radius 2 is 2.00 bits per heavy atom. The van der Waals surface area contributed by atoms with Gasteiger partial charge in [-0.15, -0.1) is 10.2 Å². The van der Waals surface area contributed by atoms with E-state index >= 15 is 0 Å². The average molecular weight is 293 g/mol. The Hall–Kier alpha value is -1.44. The predicted octanol–water partition coefficient (Wildman–Crippen LogP) is 1.39. The fourth-order valence-electron chi connectivity index (χ4n) is 1.72. The lowest BCUT2D eigenvalue weighted by Crippen LogP contribution is -2.21. The highest BCUT2D eigenvalue weighted by Crippen LogP contribution is 2.25. The molecule has 0 amide bonds. The van der Waals surface area contributed by atoms with E-state index in [4.69, 9.17) is 4.74 Å². The molecule has 0 unspecified atom stereocenters. The van der Waals surface area contributed by atoms with E-state index in [0.717, 1.165) is 53.1 Å². The van der Waals surface area contributed by atoms with E-state index in [1.807, 2.05) is 19.9 Å². The maximum atomic E-state index is 4.98. The fraction of sp³-hybridized carbons (Fsp3) is 0.538. The molecule has 1 N–H and O–H groups in total. The van der Waals surface area contributed by atoms with E-state index in [1.54, 1.807) is 18.4 Å². The SMILES string of the molecule is COCCNCCc1nnc(-c2cc(C)nnc2C)s1. The normalized spacial score (nSPS) is 10.9. The molecule has 0 saturated heterocycles. The summed E-state index contributed by atoms with van der Waals surface area (Å²) in [6, 6.07) is 2.00. The van der Waals surface area contributed by atoms with Crippen LogP contribution in [0.3, 0.4) is 0 Å². The minimum absolute atomic E-state index is 0.725. The van der Waals surface area contributed by atoms with Gasteiger partial charge in [-0.3, -0.25) is 0 Å². The molecular weight excluding hydrogens is 274 g/mol. The predicted molar refractivity (Wildman–Crippen MR) is 78.9 cm³/mol. The first-order valence-electron chi connectivity index (χ1n) is 6.54. The molecule has 0 radical (unpaired) electrons. The third kappa shape index (κ3) is 4.03. The number of ether oxygens (including phenoxy) is 1.